The summed E-state index contributed by atoms with van der Waals surface area (Å²) in [6.07, 6.45) is 2.48. The van der Waals surface area contributed by atoms with Crippen LogP contribution in [0.15, 0.2) is 30.5 Å². The molecule has 0 fully saturated rings. The molecule has 0 unspecified atom stereocenters. The van der Waals surface area contributed by atoms with E-state index in [0.29, 0.717) is 18.5 Å². The van der Waals surface area contributed by atoms with E-state index in [0.717, 1.165) is 11.3 Å². The van der Waals surface area contributed by atoms with Gasteiger partial charge in [0.2, 0.25) is 0 Å². The van der Waals surface area contributed by atoms with Gasteiger partial charge in [0.1, 0.15) is 5.82 Å². The Hall–Kier alpha value is -1.68. The number of hydrogen-bond acceptors (Lipinski definition) is 2. The van der Waals surface area contributed by atoms with Crippen LogP contribution in [0.4, 0.5) is 4.39 Å². The van der Waals surface area contributed by atoms with Crippen LogP contribution in [0.1, 0.15) is 5.69 Å². The van der Waals surface area contributed by atoms with Crippen LogP contribution in [0.5, 0.6) is 0 Å². The van der Waals surface area contributed by atoms with Crippen LogP contribution < -0.4 is 5.73 Å². The van der Waals surface area contributed by atoms with Crippen molar-refractivity contribution >= 4 is 0 Å². The molecule has 1 heterocycles. The van der Waals surface area contributed by atoms with Crippen molar-refractivity contribution in [1.82, 2.24) is 9.78 Å². The minimum absolute atomic E-state index is 0.228. The van der Waals surface area contributed by atoms with Gasteiger partial charge in [0, 0.05) is 30.8 Å². The van der Waals surface area contributed by atoms with Gasteiger partial charge >= 0.3 is 0 Å². The summed E-state index contributed by atoms with van der Waals surface area (Å²) in [6.45, 7) is 0.512. The lowest BCUT2D eigenvalue weighted by atomic mass is 10.0. The zero-order valence-corrected chi connectivity index (χ0v) is 9.15. The summed E-state index contributed by atoms with van der Waals surface area (Å²) in [5, 5.41) is 4.29. The highest BCUT2D eigenvalue weighted by Gasteiger charge is 2.12. The van der Waals surface area contributed by atoms with Crippen molar-refractivity contribution < 1.29 is 4.39 Å². The third-order valence-corrected chi connectivity index (χ3v) is 2.45. The van der Waals surface area contributed by atoms with Crippen LogP contribution in [-0.4, -0.2) is 16.3 Å². The molecule has 0 aliphatic carbocycles. The summed E-state index contributed by atoms with van der Waals surface area (Å²) in [5.74, 6) is -0.228. The van der Waals surface area contributed by atoms with Crippen molar-refractivity contribution in [2.75, 3.05) is 6.54 Å². The minimum Gasteiger partial charge on any atom is -0.330 e. The van der Waals surface area contributed by atoms with Crippen LogP contribution in [-0.2, 0) is 13.5 Å². The lowest BCUT2D eigenvalue weighted by Gasteiger charge is -2.02. The van der Waals surface area contributed by atoms with Gasteiger partial charge in [-0.1, -0.05) is 18.2 Å². The van der Waals surface area contributed by atoms with Crippen molar-refractivity contribution in [3.8, 4) is 11.1 Å². The number of aryl methyl sites for hydroxylation is 1. The predicted molar refractivity (Wildman–Crippen MR) is 61.4 cm³/mol. The highest BCUT2D eigenvalue weighted by Crippen LogP contribution is 2.25. The fourth-order valence-electron chi connectivity index (χ4n) is 1.76. The predicted octanol–water partition coefficient (Wildman–Crippen LogP) is 1.73. The van der Waals surface area contributed by atoms with E-state index in [9.17, 15) is 4.39 Å². The molecule has 0 radical (unpaired) electrons. The van der Waals surface area contributed by atoms with E-state index in [2.05, 4.69) is 5.10 Å². The van der Waals surface area contributed by atoms with E-state index in [1.165, 1.54) is 6.07 Å². The van der Waals surface area contributed by atoms with E-state index >= 15 is 0 Å². The van der Waals surface area contributed by atoms with Gasteiger partial charge in [-0.3, -0.25) is 4.68 Å². The van der Waals surface area contributed by atoms with E-state index < -0.39 is 0 Å². The third-order valence-electron chi connectivity index (χ3n) is 2.45. The van der Waals surface area contributed by atoms with Crippen LogP contribution in [0.3, 0.4) is 0 Å². The summed E-state index contributed by atoms with van der Waals surface area (Å²) in [6, 6.07) is 6.70. The van der Waals surface area contributed by atoms with Gasteiger partial charge in [-0.05, 0) is 12.6 Å². The molecule has 0 aliphatic heterocycles. The smallest absolute Gasteiger partial charge is 0.131 e. The fourth-order valence-corrected chi connectivity index (χ4v) is 1.76. The lowest BCUT2D eigenvalue weighted by Crippen LogP contribution is -2.04. The lowest BCUT2D eigenvalue weighted by molar-refractivity contribution is 0.631. The van der Waals surface area contributed by atoms with Gasteiger partial charge in [-0.2, -0.15) is 5.10 Å². The standard InChI is InChI=1S/C12H14FN3/c1-16-8-10(12(15-16)6-7-14)9-4-2-3-5-11(9)13/h2-5,8H,6-7,14H2,1H3. The van der Waals surface area contributed by atoms with Gasteiger partial charge in [0.15, 0.2) is 0 Å². The quantitative estimate of drug-likeness (QED) is 0.854. The average Bonchev–Trinajstić information content (AvgIpc) is 2.61. The zero-order chi connectivity index (χ0) is 11.5. The van der Waals surface area contributed by atoms with Crippen LogP contribution in [0.25, 0.3) is 11.1 Å². The van der Waals surface area contributed by atoms with E-state index in [1.54, 1.807) is 16.8 Å². The number of halogens is 1. The second kappa shape index (κ2) is 4.45. The Balaban J connectivity index is 2.51. The molecule has 0 atom stereocenters. The number of aromatic nitrogens is 2. The molecule has 0 saturated heterocycles. The Bertz CT molecular complexity index is 491. The monoisotopic (exact) mass is 219 g/mol. The Kier molecular flexibility index (Phi) is 3.01. The average molecular weight is 219 g/mol. The summed E-state index contributed by atoms with van der Waals surface area (Å²) >= 11 is 0. The molecule has 0 aliphatic rings. The summed E-state index contributed by atoms with van der Waals surface area (Å²) < 4.78 is 15.3. The fraction of sp³-hybridized carbons (Fsp3) is 0.250. The first kappa shape index (κ1) is 10.8. The molecule has 3 nitrogen and oxygen atoms in total. The molecule has 1 aromatic carbocycles. The summed E-state index contributed by atoms with van der Waals surface area (Å²) in [4.78, 5) is 0. The van der Waals surface area contributed by atoms with Gasteiger partial charge in [0.05, 0.1) is 5.69 Å². The van der Waals surface area contributed by atoms with Gasteiger partial charge < -0.3 is 5.73 Å². The molecule has 0 spiro atoms. The summed E-state index contributed by atoms with van der Waals surface area (Å²) in [5.41, 5.74) is 7.76. The molecular weight excluding hydrogens is 205 g/mol. The molecule has 16 heavy (non-hydrogen) atoms. The second-order valence-corrected chi connectivity index (χ2v) is 3.68. The maximum Gasteiger partial charge on any atom is 0.131 e. The van der Waals surface area contributed by atoms with Crippen molar-refractivity contribution in [1.29, 1.82) is 0 Å². The number of hydrogen-bond donors (Lipinski definition) is 1. The molecule has 0 bridgehead atoms. The SMILES string of the molecule is Cn1cc(-c2ccccc2F)c(CCN)n1. The third kappa shape index (κ3) is 1.97. The van der Waals surface area contributed by atoms with Gasteiger partial charge in [-0.15, -0.1) is 0 Å². The minimum atomic E-state index is -0.228. The van der Waals surface area contributed by atoms with Crippen molar-refractivity contribution in [3.05, 3.63) is 42.0 Å². The van der Waals surface area contributed by atoms with Gasteiger partial charge in [0.25, 0.3) is 0 Å². The Morgan fingerprint density at radius 2 is 2.06 bits per heavy atom. The molecule has 0 amide bonds. The molecule has 2 aromatic rings. The topological polar surface area (TPSA) is 43.8 Å². The highest BCUT2D eigenvalue weighted by atomic mass is 19.1. The Morgan fingerprint density at radius 3 is 2.75 bits per heavy atom. The number of nitrogens with two attached hydrogens (primary N) is 1. The number of nitrogens with zero attached hydrogens (tertiary/aromatic N) is 2. The molecule has 0 saturated carbocycles. The van der Waals surface area contributed by atoms with Crippen LogP contribution in [0.2, 0.25) is 0 Å². The summed E-state index contributed by atoms with van der Waals surface area (Å²) in [7, 11) is 1.82. The van der Waals surface area contributed by atoms with E-state index in [1.807, 2.05) is 19.3 Å². The molecule has 2 rings (SSSR count). The normalized spacial score (nSPS) is 10.7. The first-order valence-corrected chi connectivity index (χ1v) is 5.20. The number of rotatable bonds is 3. The van der Waals surface area contributed by atoms with Crippen molar-refractivity contribution in [2.24, 2.45) is 12.8 Å². The maximum absolute atomic E-state index is 13.6. The number of benzene rings is 1. The molecule has 4 heteroatoms. The zero-order valence-electron chi connectivity index (χ0n) is 9.15. The van der Waals surface area contributed by atoms with E-state index in [-0.39, 0.29) is 5.82 Å². The molecule has 84 valence electrons. The Labute approximate surface area is 93.7 Å². The first-order chi connectivity index (χ1) is 7.72. The van der Waals surface area contributed by atoms with Gasteiger partial charge in [-0.25, -0.2) is 4.39 Å². The second-order valence-electron chi connectivity index (χ2n) is 3.68. The molecule has 2 N–H and O–H groups in total. The first-order valence-electron chi connectivity index (χ1n) is 5.20. The van der Waals surface area contributed by atoms with E-state index in [4.69, 9.17) is 5.73 Å². The maximum atomic E-state index is 13.6. The van der Waals surface area contributed by atoms with Crippen molar-refractivity contribution in [3.63, 3.8) is 0 Å². The largest absolute Gasteiger partial charge is 0.330 e. The van der Waals surface area contributed by atoms with Crippen LogP contribution in [0, 0.1) is 5.82 Å². The van der Waals surface area contributed by atoms with Crippen LogP contribution >= 0.6 is 0 Å². The van der Waals surface area contributed by atoms with Crippen molar-refractivity contribution in [2.45, 2.75) is 6.42 Å². The molecule has 1 aromatic heterocycles. The molecular formula is C12H14FN3. The Morgan fingerprint density at radius 1 is 1.31 bits per heavy atom. The highest BCUT2D eigenvalue weighted by molar-refractivity contribution is 5.65.